The Morgan fingerprint density at radius 1 is 1.36 bits per heavy atom. The van der Waals surface area contributed by atoms with Gasteiger partial charge >= 0.3 is 0 Å². The topological polar surface area (TPSA) is 76.5 Å². The standard InChI is InChI=1S/C17H19FN4O3/c1-2-22-17(24)15(21-6-8-25-9-7-21)14(11-19-22)20-16(23)12-4-3-5-13(18)10-12/h3-5,10-11H,2,6-9H2,1H3,(H,20,23). The van der Waals surface area contributed by atoms with Crippen molar-refractivity contribution >= 4 is 17.3 Å². The number of nitrogens with one attached hydrogen (secondary N) is 1. The number of amides is 1. The molecule has 0 radical (unpaired) electrons. The van der Waals surface area contributed by atoms with Gasteiger partial charge in [0.1, 0.15) is 11.5 Å². The van der Waals surface area contributed by atoms with E-state index in [0.29, 0.717) is 44.2 Å². The van der Waals surface area contributed by atoms with Crippen molar-refractivity contribution in [2.75, 3.05) is 36.5 Å². The first kappa shape index (κ1) is 17.1. The van der Waals surface area contributed by atoms with Crippen LogP contribution in [0.4, 0.5) is 15.8 Å². The average Bonchev–Trinajstić information content (AvgIpc) is 2.63. The maximum absolute atomic E-state index is 13.3. The normalized spacial score (nSPS) is 14.4. The van der Waals surface area contributed by atoms with Crippen LogP contribution >= 0.6 is 0 Å². The van der Waals surface area contributed by atoms with Gasteiger partial charge in [-0.25, -0.2) is 9.07 Å². The summed E-state index contributed by atoms with van der Waals surface area (Å²) >= 11 is 0. The number of rotatable bonds is 4. The zero-order chi connectivity index (χ0) is 17.8. The first-order valence-electron chi connectivity index (χ1n) is 8.10. The van der Waals surface area contributed by atoms with E-state index < -0.39 is 11.7 Å². The van der Waals surface area contributed by atoms with Gasteiger partial charge in [0.25, 0.3) is 11.5 Å². The fourth-order valence-corrected chi connectivity index (χ4v) is 2.71. The number of nitrogens with zero attached hydrogens (tertiary/aromatic N) is 3. The highest BCUT2D eigenvalue weighted by Gasteiger charge is 2.21. The molecule has 2 heterocycles. The van der Waals surface area contributed by atoms with Gasteiger partial charge in [-0.3, -0.25) is 9.59 Å². The summed E-state index contributed by atoms with van der Waals surface area (Å²) in [4.78, 5) is 27.0. The zero-order valence-corrected chi connectivity index (χ0v) is 13.9. The summed E-state index contributed by atoms with van der Waals surface area (Å²) in [6.45, 7) is 4.35. The molecule has 3 rings (SSSR count). The molecule has 1 aromatic carbocycles. The predicted molar refractivity (Wildman–Crippen MR) is 91.6 cm³/mol. The van der Waals surface area contributed by atoms with Crippen LogP contribution in [0.15, 0.2) is 35.3 Å². The van der Waals surface area contributed by atoms with Crippen molar-refractivity contribution in [3.8, 4) is 0 Å². The van der Waals surface area contributed by atoms with Crippen LogP contribution in [-0.2, 0) is 11.3 Å². The number of benzene rings is 1. The largest absolute Gasteiger partial charge is 0.378 e. The number of hydrogen-bond donors (Lipinski definition) is 1. The number of morpholine rings is 1. The highest BCUT2D eigenvalue weighted by Crippen LogP contribution is 2.22. The highest BCUT2D eigenvalue weighted by atomic mass is 19.1. The molecule has 0 atom stereocenters. The van der Waals surface area contributed by atoms with Crippen LogP contribution in [0, 0.1) is 5.82 Å². The van der Waals surface area contributed by atoms with E-state index in [-0.39, 0.29) is 11.1 Å². The minimum absolute atomic E-state index is 0.174. The maximum atomic E-state index is 13.3. The van der Waals surface area contributed by atoms with Crippen LogP contribution < -0.4 is 15.8 Å². The van der Waals surface area contributed by atoms with E-state index >= 15 is 0 Å². The molecule has 0 bridgehead atoms. The van der Waals surface area contributed by atoms with E-state index in [1.165, 1.54) is 29.1 Å². The molecule has 1 saturated heterocycles. The molecule has 0 saturated carbocycles. The highest BCUT2D eigenvalue weighted by molar-refractivity contribution is 6.05. The SMILES string of the molecule is CCn1ncc(NC(=O)c2cccc(F)c2)c(N2CCOCC2)c1=O. The van der Waals surface area contributed by atoms with Gasteiger partial charge in [-0.05, 0) is 25.1 Å². The summed E-state index contributed by atoms with van der Waals surface area (Å²) in [5, 5.41) is 6.75. The Morgan fingerprint density at radius 3 is 2.80 bits per heavy atom. The third kappa shape index (κ3) is 3.69. The molecule has 1 aromatic heterocycles. The van der Waals surface area contributed by atoms with Gasteiger partial charge in [0.15, 0.2) is 0 Å². The Bertz CT molecular complexity index is 831. The number of aryl methyl sites for hydroxylation is 1. The van der Waals surface area contributed by atoms with Gasteiger partial charge in [-0.1, -0.05) is 6.07 Å². The van der Waals surface area contributed by atoms with Crippen molar-refractivity contribution in [1.29, 1.82) is 0 Å². The summed E-state index contributed by atoms with van der Waals surface area (Å²) < 4.78 is 20.0. The van der Waals surface area contributed by atoms with Crippen LogP contribution in [0.5, 0.6) is 0 Å². The van der Waals surface area contributed by atoms with Crippen molar-refractivity contribution in [3.05, 3.63) is 52.2 Å². The van der Waals surface area contributed by atoms with Crippen molar-refractivity contribution in [1.82, 2.24) is 9.78 Å². The summed E-state index contributed by atoms with van der Waals surface area (Å²) in [5.41, 5.74) is 0.588. The molecule has 0 unspecified atom stereocenters. The van der Waals surface area contributed by atoms with Gasteiger partial charge in [-0.2, -0.15) is 5.10 Å². The number of ether oxygens (including phenoxy) is 1. The molecular weight excluding hydrogens is 327 g/mol. The van der Waals surface area contributed by atoms with Crippen molar-refractivity contribution in [2.45, 2.75) is 13.5 Å². The number of carbonyl (C=O) groups is 1. The zero-order valence-electron chi connectivity index (χ0n) is 13.9. The molecule has 1 aliphatic rings. The Labute approximate surface area is 144 Å². The molecule has 2 aromatic rings. The molecule has 1 amide bonds. The molecule has 1 N–H and O–H groups in total. The lowest BCUT2D eigenvalue weighted by atomic mass is 10.2. The lowest BCUT2D eigenvalue weighted by molar-refractivity contribution is 0.102. The molecular formula is C17H19FN4O3. The monoisotopic (exact) mass is 346 g/mol. The predicted octanol–water partition coefficient (Wildman–Crippen LogP) is 1.49. The molecule has 7 nitrogen and oxygen atoms in total. The second-order valence-corrected chi connectivity index (χ2v) is 5.59. The Morgan fingerprint density at radius 2 is 2.12 bits per heavy atom. The molecule has 0 spiro atoms. The molecule has 1 aliphatic heterocycles. The summed E-state index contributed by atoms with van der Waals surface area (Å²) in [6.07, 6.45) is 1.45. The van der Waals surface area contributed by atoms with E-state index in [4.69, 9.17) is 4.74 Å². The second kappa shape index (κ2) is 7.43. The number of hydrogen-bond acceptors (Lipinski definition) is 5. The van der Waals surface area contributed by atoms with Gasteiger partial charge in [-0.15, -0.1) is 0 Å². The van der Waals surface area contributed by atoms with Gasteiger partial charge in [0.05, 0.1) is 25.1 Å². The maximum Gasteiger partial charge on any atom is 0.292 e. The number of anilines is 2. The van der Waals surface area contributed by atoms with E-state index in [0.717, 1.165) is 6.07 Å². The van der Waals surface area contributed by atoms with Crippen LogP contribution in [0.1, 0.15) is 17.3 Å². The third-order valence-electron chi connectivity index (χ3n) is 3.98. The van der Waals surface area contributed by atoms with Crippen LogP contribution in [0.25, 0.3) is 0 Å². The summed E-state index contributed by atoms with van der Waals surface area (Å²) in [7, 11) is 0. The summed E-state index contributed by atoms with van der Waals surface area (Å²) in [6, 6.07) is 5.37. The number of halogens is 1. The molecule has 1 fully saturated rings. The second-order valence-electron chi connectivity index (χ2n) is 5.59. The Hall–Kier alpha value is -2.74. The van der Waals surface area contributed by atoms with Crippen LogP contribution in [-0.4, -0.2) is 42.0 Å². The fraction of sp³-hybridized carbons (Fsp3) is 0.353. The molecule has 0 aliphatic carbocycles. The van der Waals surface area contributed by atoms with Gasteiger partial charge in [0.2, 0.25) is 0 Å². The van der Waals surface area contributed by atoms with Crippen molar-refractivity contribution < 1.29 is 13.9 Å². The van der Waals surface area contributed by atoms with Crippen molar-refractivity contribution in [2.24, 2.45) is 0 Å². The van der Waals surface area contributed by atoms with E-state index in [1.54, 1.807) is 0 Å². The minimum atomic E-state index is -0.499. The molecule has 25 heavy (non-hydrogen) atoms. The van der Waals surface area contributed by atoms with E-state index in [2.05, 4.69) is 10.4 Å². The average molecular weight is 346 g/mol. The first-order chi connectivity index (χ1) is 12.1. The molecule has 8 heteroatoms. The summed E-state index contributed by atoms with van der Waals surface area (Å²) in [5.74, 6) is -0.995. The van der Waals surface area contributed by atoms with Crippen LogP contribution in [0.3, 0.4) is 0 Å². The smallest absolute Gasteiger partial charge is 0.292 e. The Balaban J connectivity index is 1.96. The van der Waals surface area contributed by atoms with Crippen molar-refractivity contribution in [3.63, 3.8) is 0 Å². The molecule has 132 valence electrons. The van der Waals surface area contributed by atoms with Gasteiger partial charge in [0, 0.05) is 25.2 Å². The fourth-order valence-electron chi connectivity index (χ4n) is 2.71. The Kier molecular flexibility index (Phi) is 5.08. The minimum Gasteiger partial charge on any atom is -0.378 e. The van der Waals surface area contributed by atoms with Gasteiger partial charge < -0.3 is 15.0 Å². The lowest BCUT2D eigenvalue weighted by Crippen LogP contribution is -2.41. The van der Waals surface area contributed by atoms with E-state index in [9.17, 15) is 14.0 Å². The third-order valence-corrected chi connectivity index (χ3v) is 3.98. The van der Waals surface area contributed by atoms with E-state index in [1.807, 2.05) is 11.8 Å². The number of carbonyl (C=O) groups excluding carboxylic acids is 1. The first-order valence-corrected chi connectivity index (χ1v) is 8.10. The lowest BCUT2D eigenvalue weighted by Gasteiger charge is -2.29. The van der Waals surface area contributed by atoms with Crippen LogP contribution in [0.2, 0.25) is 0 Å². The quantitative estimate of drug-likeness (QED) is 0.908. The number of aromatic nitrogens is 2.